The topological polar surface area (TPSA) is 38.3 Å². The summed E-state index contributed by atoms with van der Waals surface area (Å²) in [5, 5.41) is 2.66. The molecule has 0 aliphatic carbocycles. The first-order chi connectivity index (χ1) is 7.80. The van der Waals surface area contributed by atoms with Crippen molar-refractivity contribution in [3.63, 3.8) is 0 Å². The fraction of sp³-hybridized carbons (Fsp3) is 0.909. The molecule has 0 bridgehead atoms. The van der Waals surface area contributed by atoms with Crippen molar-refractivity contribution in [1.29, 1.82) is 0 Å². The number of carbonyl (C=O) groups excluding carboxylic acids is 1. The third-order valence-corrected chi connectivity index (χ3v) is 2.17. The Hall–Kier alpha value is -0.780. The molecule has 0 saturated carbocycles. The molecule has 2 atom stereocenters. The van der Waals surface area contributed by atoms with Crippen LogP contribution in [0, 0.1) is 0 Å². The molecule has 0 radical (unpaired) electrons. The van der Waals surface area contributed by atoms with Gasteiger partial charge in [0.15, 0.2) is 0 Å². The Balaban J connectivity index is 4.28. The van der Waals surface area contributed by atoms with Gasteiger partial charge in [0, 0.05) is 6.04 Å². The van der Waals surface area contributed by atoms with Crippen molar-refractivity contribution in [2.24, 2.45) is 0 Å². The Morgan fingerprint density at radius 2 is 1.94 bits per heavy atom. The Kier molecular flexibility index (Phi) is 7.18. The van der Waals surface area contributed by atoms with Gasteiger partial charge in [0.2, 0.25) is 0 Å². The summed E-state index contributed by atoms with van der Waals surface area (Å²) in [7, 11) is 0. The van der Waals surface area contributed by atoms with Crippen molar-refractivity contribution in [1.82, 2.24) is 5.32 Å². The lowest BCUT2D eigenvalue weighted by Gasteiger charge is -2.22. The maximum absolute atomic E-state index is 12.1. The highest BCUT2D eigenvalue weighted by Crippen LogP contribution is 2.21. The van der Waals surface area contributed by atoms with E-state index in [0.29, 0.717) is 12.8 Å². The molecule has 1 N–H and O–H groups in total. The lowest BCUT2D eigenvalue weighted by atomic mass is 10.1. The molecule has 0 aromatic rings. The summed E-state index contributed by atoms with van der Waals surface area (Å²) in [6.45, 7) is 5.17. The largest absolute Gasteiger partial charge is 0.465 e. The highest BCUT2D eigenvalue weighted by molar-refractivity contribution is 5.75. The lowest BCUT2D eigenvalue weighted by molar-refractivity contribution is -0.149. The van der Waals surface area contributed by atoms with Crippen LogP contribution < -0.4 is 5.32 Å². The van der Waals surface area contributed by atoms with E-state index in [1.54, 1.807) is 6.92 Å². The van der Waals surface area contributed by atoms with Crippen molar-refractivity contribution in [2.45, 2.75) is 58.3 Å². The molecule has 0 fully saturated rings. The smallest absolute Gasteiger partial charge is 0.390 e. The molecule has 0 aliphatic rings. The number of nitrogens with one attached hydrogen (secondary N) is 1. The minimum absolute atomic E-state index is 0.231. The van der Waals surface area contributed by atoms with Crippen LogP contribution in [0.5, 0.6) is 0 Å². The standard InChI is InChI=1S/C11H20F3NO2/c1-4-6-9(10(16)17-5-2)15-8(3)7-11(12,13)14/h8-9,15H,4-7H2,1-3H3. The second-order valence-corrected chi connectivity index (χ2v) is 3.98. The number of hydrogen-bond acceptors (Lipinski definition) is 3. The van der Waals surface area contributed by atoms with Crippen LogP contribution in [0.25, 0.3) is 0 Å². The summed E-state index contributed by atoms with van der Waals surface area (Å²) in [6, 6.07) is -1.45. The maximum Gasteiger partial charge on any atom is 0.390 e. The number of carbonyl (C=O) groups is 1. The van der Waals surface area contributed by atoms with Crippen LogP contribution in [-0.2, 0) is 9.53 Å². The Labute approximate surface area is 99.7 Å². The minimum atomic E-state index is -4.22. The van der Waals surface area contributed by atoms with Gasteiger partial charge in [0.25, 0.3) is 0 Å². The van der Waals surface area contributed by atoms with Crippen LogP contribution in [0.2, 0.25) is 0 Å². The maximum atomic E-state index is 12.1. The van der Waals surface area contributed by atoms with Crippen LogP contribution in [-0.4, -0.2) is 30.8 Å². The molecule has 0 heterocycles. The van der Waals surface area contributed by atoms with E-state index in [1.165, 1.54) is 6.92 Å². The first-order valence-electron chi connectivity index (χ1n) is 5.79. The van der Waals surface area contributed by atoms with E-state index >= 15 is 0 Å². The summed E-state index contributed by atoms with van der Waals surface area (Å²) in [6.07, 6.45) is -4.00. The lowest BCUT2D eigenvalue weighted by Crippen LogP contribution is -2.44. The van der Waals surface area contributed by atoms with Gasteiger partial charge in [0.1, 0.15) is 6.04 Å². The van der Waals surface area contributed by atoms with Gasteiger partial charge in [0.05, 0.1) is 13.0 Å². The summed E-state index contributed by atoms with van der Waals surface area (Å²) < 4.78 is 41.2. The zero-order chi connectivity index (χ0) is 13.5. The molecule has 0 aromatic heterocycles. The third-order valence-electron chi connectivity index (χ3n) is 2.17. The van der Waals surface area contributed by atoms with Gasteiger partial charge in [-0.25, -0.2) is 0 Å². The van der Waals surface area contributed by atoms with Gasteiger partial charge in [-0.1, -0.05) is 13.3 Å². The number of alkyl halides is 3. The van der Waals surface area contributed by atoms with Crippen LogP contribution in [0.4, 0.5) is 13.2 Å². The molecule has 6 heteroatoms. The van der Waals surface area contributed by atoms with Crippen LogP contribution in [0.15, 0.2) is 0 Å². The molecule has 0 saturated heterocycles. The number of ether oxygens (including phenoxy) is 1. The highest BCUT2D eigenvalue weighted by Gasteiger charge is 2.31. The second kappa shape index (κ2) is 7.53. The molecular formula is C11H20F3NO2. The molecule has 0 rings (SSSR count). The molecule has 2 unspecified atom stereocenters. The summed E-state index contributed by atoms with van der Waals surface area (Å²) in [5.74, 6) is -0.483. The van der Waals surface area contributed by atoms with Gasteiger partial charge in [-0.15, -0.1) is 0 Å². The van der Waals surface area contributed by atoms with E-state index in [9.17, 15) is 18.0 Å². The Morgan fingerprint density at radius 1 is 1.35 bits per heavy atom. The summed E-state index contributed by atoms with van der Waals surface area (Å²) in [5.41, 5.74) is 0. The Morgan fingerprint density at radius 3 is 2.35 bits per heavy atom. The fourth-order valence-corrected chi connectivity index (χ4v) is 1.55. The molecule has 0 spiro atoms. The molecule has 0 aromatic carbocycles. The van der Waals surface area contributed by atoms with Gasteiger partial charge in [-0.05, 0) is 20.3 Å². The zero-order valence-corrected chi connectivity index (χ0v) is 10.4. The summed E-state index contributed by atoms with van der Waals surface area (Å²) >= 11 is 0. The number of halogens is 3. The molecular weight excluding hydrogens is 235 g/mol. The van der Waals surface area contributed by atoms with Crippen LogP contribution in [0.1, 0.15) is 40.0 Å². The van der Waals surface area contributed by atoms with Gasteiger partial charge >= 0.3 is 12.1 Å². The number of esters is 1. The Bertz CT molecular complexity index is 231. The van der Waals surface area contributed by atoms with Crippen LogP contribution >= 0.6 is 0 Å². The molecule has 0 amide bonds. The molecule has 0 aliphatic heterocycles. The molecule has 3 nitrogen and oxygen atoms in total. The van der Waals surface area contributed by atoms with Gasteiger partial charge < -0.3 is 10.1 Å². The van der Waals surface area contributed by atoms with Crippen molar-refractivity contribution < 1.29 is 22.7 Å². The van der Waals surface area contributed by atoms with E-state index in [0.717, 1.165) is 0 Å². The SMILES string of the molecule is CCCC(NC(C)CC(F)(F)F)C(=O)OCC. The average molecular weight is 255 g/mol. The van der Waals surface area contributed by atoms with E-state index in [2.05, 4.69) is 5.32 Å². The zero-order valence-electron chi connectivity index (χ0n) is 10.4. The van der Waals surface area contributed by atoms with Gasteiger partial charge in [-0.3, -0.25) is 4.79 Å². The fourth-order valence-electron chi connectivity index (χ4n) is 1.55. The van der Waals surface area contributed by atoms with E-state index in [4.69, 9.17) is 4.74 Å². The summed E-state index contributed by atoms with van der Waals surface area (Å²) in [4.78, 5) is 11.5. The molecule has 102 valence electrons. The quantitative estimate of drug-likeness (QED) is 0.711. The van der Waals surface area contributed by atoms with E-state index in [-0.39, 0.29) is 6.61 Å². The molecule has 17 heavy (non-hydrogen) atoms. The van der Waals surface area contributed by atoms with E-state index < -0.39 is 30.7 Å². The first-order valence-corrected chi connectivity index (χ1v) is 5.79. The van der Waals surface area contributed by atoms with Crippen molar-refractivity contribution >= 4 is 5.97 Å². The predicted octanol–water partition coefficient (Wildman–Crippen LogP) is 2.65. The van der Waals surface area contributed by atoms with Crippen molar-refractivity contribution in [3.8, 4) is 0 Å². The predicted molar refractivity (Wildman–Crippen MR) is 58.6 cm³/mol. The van der Waals surface area contributed by atoms with Gasteiger partial charge in [-0.2, -0.15) is 13.2 Å². The van der Waals surface area contributed by atoms with Crippen molar-refractivity contribution in [2.75, 3.05) is 6.61 Å². The average Bonchev–Trinajstić information content (AvgIpc) is 2.14. The van der Waals surface area contributed by atoms with E-state index in [1.807, 2.05) is 6.92 Å². The normalized spacial score (nSPS) is 15.4. The van der Waals surface area contributed by atoms with Crippen LogP contribution in [0.3, 0.4) is 0 Å². The second-order valence-electron chi connectivity index (χ2n) is 3.98. The monoisotopic (exact) mass is 255 g/mol. The first kappa shape index (κ1) is 16.2. The third kappa shape index (κ3) is 8.01. The highest BCUT2D eigenvalue weighted by atomic mass is 19.4. The van der Waals surface area contributed by atoms with Crippen molar-refractivity contribution in [3.05, 3.63) is 0 Å². The minimum Gasteiger partial charge on any atom is -0.465 e. The number of rotatable bonds is 7. The number of hydrogen-bond donors (Lipinski definition) is 1.